The molecule has 3 aromatic carbocycles. The van der Waals surface area contributed by atoms with Crippen molar-refractivity contribution in [1.29, 1.82) is 5.26 Å². The molecule has 0 saturated carbocycles. The van der Waals surface area contributed by atoms with Crippen LogP contribution in [0.4, 0.5) is 0 Å². The highest BCUT2D eigenvalue weighted by Crippen LogP contribution is 2.46. The van der Waals surface area contributed by atoms with Crippen molar-refractivity contribution in [3.8, 4) is 34.2 Å². The minimum atomic E-state index is -0.219. The third-order valence-electron chi connectivity index (χ3n) is 6.20. The predicted octanol–water partition coefficient (Wildman–Crippen LogP) is 7.58. The average Bonchev–Trinajstić information content (AvgIpc) is 3.54. The van der Waals surface area contributed by atoms with E-state index in [1.165, 1.54) is 18.4 Å². The molecule has 2 aromatic heterocycles. The van der Waals surface area contributed by atoms with Crippen LogP contribution in [-0.4, -0.2) is 24.2 Å². The number of carbonyl (C=O) groups is 1. The number of hydrogen-bond donors (Lipinski definition) is 0. The Morgan fingerprint density at radius 3 is 2.46 bits per heavy atom. The van der Waals surface area contributed by atoms with E-state index in [4.69, 9.17) is 9.47 Å². The number of methoxy groups -OCH3 is 2. The van der Waals surface area contributed by atoms with Gasteiger partial charge in [0.2, 0.25) is 0 Å². The summed E-state index contributed by atoms with van der Waals surface area (Å²) in [6.45, 7) is 0. The van der Waals surface area contributed by atoms with Gasteiger partial charge in [0.25, 0.3) is 0 Å². The fourth-order valence-corrected chi connectivity index (χ4v) is 6.06. The van der Waals surface area contributed by atoms with Crippen LogP contribution in [0.2, 0.25) is 0 Å². The van der Waals surface area contributed by atoms with E-state index in [0.29, 0.717) is 17.7 Å². The number of esters is 1. The van der Waals surface area contributed by atoms with Crippen LogP contribution in [0.25, 0.3) is 33.3 Å². The summed E-state index contributed by atoms with van der Waals surface area (Å²) in [7, 11) is 3.07. The van der Waals surface area contributed by atoms with Gasteiger partial charge in [-0.05, 0) is 71.3 Å². The van der Waals surface area contributed by atoms with Crippen molar-refractivity contribution in [2.75, 3.05) is 14.2 Å². The molecule has 0 N–H and O–H groups in total. The molecule has 0 aliphatic heterocycles. The summed E-state index contributed by atoms with van der Waals surface area (Å²) < 4.78 is 12.4. The van der Waals surface area contributed by atoms with Gasteiger partial charge >= 0.3 is 5.97 Å². The second kappa shape index (κ2) is 11.0. The first kappa shape index (κ1) is 24.7. The number of para-hydroxylation sites is 1. The standard InChI is InChI=1S/C30H24N2O3S2/c1-34-22-12-14-23(15-13-22)37-32-26-6-4-3-5-24(26)29(25-17-18-36-27(25)19-31)30(32)21-10-7-20(8-11-21)9-16-28(33)35-2/h3-8,10-15,17-18H,9,16H2,1-2H3. The second-order valence-corrected chi connectivity index (χ2v) is 10.3. The van der Waals surface area contributed by atoms with E-state index in [1.54, 1.807) is 19.1 Å². The van der Waals surface area contributed by atoms with Crippen molar-refractivity contribution in [2.45, 2.75) is 17.7 Å². The monoisotopic (exact) mass is 524 g/mol. The molecular weight excluding hydrogens is 500 g/mol. The normalized spacial score (nSPS) is 10.8. The van der Waals surface area contributed by atoms with Crippen LogP contribution in [0, 0.1) is 11.3 Å². The molecule has 0 aliphatic rings. The zero-order chi connectivity index (χ0) is 25.8. The first-order valence-corrected chi connectivity index (χ1v) is 13.4. The molecular formula is C30H24N2O3S2. The Morgan fingerprint density at radius 1 is 1.00 bits per heavy atom. The van der Waals surface area contributed by atoms with Gasteiger partial charge in [-0.2, -0.15) is 5.26 Å². The summed E-state index contributed by atoms with van der Waals surface area (Å²) in [6.07, 6.45) is 0.960. The van der Waals surface area contributed by atoms with Crippen molar-refractivity contribution >= 4 is 40.2 Å². The number of fused-ring (bicyclic) bond motifs is 1. The quantitative estimate of drug-likeness (QED) is 0.196. The number of ether oxygens (including phenoxy) is 2. The van der Waals surface area contributed by atoms with Gasteiger partial charge in [-0.15, -0.1) is 11.3 Å². The molecule has 2 heterocycles. The third kappa shape index (κ3) is 4.99. The van der Waals surface area contributed by atoms with Crippen LogP contribution in [-0.2, 0) is 16.0 Å². The highest BCUT2D eigenvalue weighted by atomic mass is 32.2. The summed E-state index contributed by atoms with van der Waals surface area (Å²) in [6, 6.07) is 29.0. The zero-order valence-corrected chi connectivity index (χ0v) is 22.1. The van der Waals surface area contributed by atoms with Crippen LogP contribution < -0.4 is 4.74 Å². The van der Waals surface area contributed by atoms with Crippen molar-refractivity contribution < 1.29 is 14.3 Å². The van der Waals surface area contributed by atoms with Crippen molar-refractivity contribution in [3.63, 3.8) is 0 Å². The van der Waals surface area contributed by atoms with Crippen molar-refractivity contribution in [1.82, 2.24) is 3.97 Å². The maximum atomic E-state index is 11.6. The molecule has 0 saturated heterocycles. The first-order valence-electron chi connectivity index (χ1n) is 11.7. The molecule has 0 aliphatic carbocycles. The van der Waals surface area contributed by atoms with E-state index in [0.717, 1.165) is 49.5 Å². The molecule has 5 rings (SSSR count). The number of nitrogens with zero attached hydrogens (tertiary/aromatic N) is 2. The Kier molecular flexibility index (Phi) is 7.31. The van der Waals surface area contributed by atoms with Crippen LogP contribution in [0.3, 0.4) is 0 Å². The smallest absolute Gasteiger partial charge is 0.305 e. The minimum absolute atomic E-state index is 0.219. The van der Waals surface area contributed by atoms with Gasteiger partial charge in [0.05, 0.1) is 25.4 Å². The third-order valence-corrected chi connectivity index (χ3v) is 8.06. The largest absolute Gasteiger partial charge is 0.497 e. The lowest BCUT2D eigenvalue weighted by Gasteiger charge is -2.13. The molecule has 5 aromatic rings. The summed E-state index contributed by atoms with van der Waals surface area (Å²) in [5.41, 5.74) is 6.16. The molecule has 0 fully saturated rings. The SMILES string of the molecule is COC(=O)CCc1ccc(-c2c(-c3ccsc3C#N)c3ccccc3n2Sc2ccc(OC)cc2)cc1. The van der Waals surface area contributed by atoms with Crippen LogP contribution in [0.15, 0.2) is 89.1 Å². The molecule has 0 radical (unpaired) electrons. The first-order chi connectivity index (χ1) is 18.1. The number of hydrogen-bond acceptors (Lipinski definition) is 6. The van der Waals surface area contributed by atoms with Gasteiger partial charge in [0.15, 0.2) is 0 Å². The van der Waals surface area contributed by atoms with Gasteiger partial charge in [-0.3, -0.25) is 8.77 Å². The topological polar surface area (TPSA) is 64.2 Å². The number of nitriles is 1. The Labute approximate surface area is 224 Å². The Balaban J connectivity index is 1.68. The molecule has 184 valence electrons. The molecule has 0 unspecified atom stereocenters. The Bertz CT molecular complexity index is 1590. The van der Waals surface area contributed by atoms with Gasteiger partial charge in [0.1, 0.15) is 16.7 Å². The maximum absolute atomic E-state index is 11.6. The molecule has 0 spiro atoms. The summed E-state index contributed by atoms with van der Waals surface area (Å²) >= 11 is 3.08. The Morgan fingerprint density at radius 2 is 1.76 bits per heavy atom. The fourth-order valence-electron chi connectivity index (χ4n) is 4.35. The number of thiophene rings is 1. The second-order valence-electron chi connectivity index (χ2n) is 8.35. The van der Waals surface area contributed by atoms with Crippen molar-refractivity contribution in [2.24, 2.45) is 0 Å². The van der Waals surface area contributed by atoms with E-state index in [-0.39, 0.29) is 5.97 Å². The van der Waals surface area contributed by atoms with Gasteiger partial charge in [-0.1, -0.05) is 42.5 Å². The Hall–Kier alpha value is -3.99. The average molecular weight is 525 g/mol. The summed E-state index contributed by atoms with van der Waals surface area (Å²) in [5.74, 6) is 0.589. The van der Waals surface area contributed by atoms with Gasteiger partial charge in [-0.25, -0.2) is 0 Å². The lowest BCUT2D eigenvalue weighted by Crippen LogP contribution is -2.01. The van der Waals surface area contributed by atoms with E-state index in [1.807, 2.05) is 47.8 Å². The molecule has 0 amide bonds. The van der Waals surface area contributed by atoms with Crippen LogP contribution >= 0.6 is 23.3 Å². The lowest BCUT2D eigenvalue weighted by molar-refractivity contribution is -0.140. The molecule has 37 heavy (non-hydrogen) atoms. The van der Waals surface area contributed by atoms with Gasteiger partial charge < -0.3 is 9.47 Å². The number of rotatable bonds is 8. The number of aromatic nitrogens is 1. The predicted molar refractivity (Wildman–Crippen MR) is 150 cm³/mol. The molecule has 0 atom stereocenters. The van der Waals surface area contributed by atoms with E-state index in [9.17, 15) is 10.1 Å². The van der Waals surface area contributed by atoms with E-state index >= 15 is 0 Å². The van der Waals surface area contributed by atoms with Crippen LogP contribution in [0.1, 0.15) is 16.9 Å². The van der Waals surface area contributed by atoms with Gasteiger partial charge in [0, 0.05) is 27.8 Å². The van der Waals surface area contributed by atoms with Crippen LogP contribution in [0.5, 0.6) is 5.75 Å². The number of benzene rings is 3. The highest BCUT2D eigenvalue weighted by Gasteiger charge is 2.23. The lowest BCUT2D eigenvalue weighted by atomic mass is 9.98. The minimum Gasteiger partial charge on any atom is -0.497 e. The van der Waals surface area contributed by atoms with Crippen molar-refractivity contribution in [3.05, 3.63) is 94.7 Å². The summed E-state index contributed by atoms with van der Waals surface area (Å²) in [5, 5.41) is 12.9. The molecule has 7 heteroatoms. The van der Waals surface area contributed by atoms with E-state index < -0.39 is 0 Å². The fraction of sp³-hybridized carbons (Fsp3) is 0.133. The summed E-state index contributed by atoms with van der Waals surface area (Å²) in [4.78, 5) is 13.4. The molecule has 0 bridgehead atoms. The zero-order valence-electron chi connectivity index (χ0n) is 20.4. The number of carbonyl (C=O) groups excluding carboxylic acids is 1. The maximum Gasteiger partial charge on any atom is 0.305 e. The molecule has 5 nitrogen and oxygen atoms in total. The number of aryl methyl sites for hydroxylation is 1. The highest BCUT2D eigenvalue weighted by molar-refractivity contribution is 7.98. The van der Waals surface area contributed by atoms with E-state index in [2.05, 4.69) is 46.4 Å².